The minimum absolute atomic E-state index is 0.0154. The van der Waals surface area contributed by atoms with Gasteiger partial charge in [0.25, 0.3) is 0 Å². The van der Waals surface area contributed by atoms with Crippen LogP contribution >= 0.6 is 0 Å². The molecule has 7 nitrogen and oxygen atoms in total. The molecule has 0 aliphatic rings. The van der Waals surface area contributed by atoms with Crippen molar-refractivity contribution in [3.63, 3.8) is 0 Å². The fraction of sp³-hybridized carbons (Fsp3) is 0.423. The lowest BCUT2D eigenvalue weighted by molar-refractivity contribution is -0.128. The monoisotopic (exact) mass is 450 g/mol. The first-order chi connectivity index (χ1) is 15.7. The lowest BCUT2D eigenvalue weighted by Crippen LogP contribution is -2.26. The predicted octanol–water partition coefficient (Wildman–Crippen LogP) is 5.22. The molecule has 0 spiro atoms. The number of nitrogens with two attached hydrogens (primary N) is 1. The fourth-order valence-corrected chi connectivity index (χ4v) is 3.55. The molecule has 7 heteroatoms. The highest BCUT2D eigenvalue weighted by atomic mass is 16.5. The first-order valence-electron chi connectivity index (χ1n) is 11.4. The highest BCUT2D eigenvalue weighted by molar-refractivity contribution is 6.07. The van der Waals surface area contributed by atoms with E-state index in [1.807, 2.05) is 71.0 Å². The summed E-state index contributed by atoms with van der Waals surface area (Å²) in [6.45, 7) is 12.8. The number of imidazole rings is 1. The molecule has 3 rings (SSSR count). The largest absolute Gasteiger partial charge is 0.492 e. The molecular formula is C26H34N4O3. The molecule has 0 fully saturated rings. The van der Waals surface area contributed by atoms with Gasteiger partial charge in [-0.1, -0.05) is 33.8 Å². The number of ketones is 1. The molecule has 0 bridgehead atoms. The molecule has 1 aromatic carbocycles. The molecule has 0 radical (unpaired) electrons. The number of pyridine rings is 1. The SMILES string of the molecule is C/C=C\C(=C/C)OCCn1c(CC)nc2c(N)nc3cc(OCC(=O)C(C)(C)C)ccc3c21. The van der Waals surface area contributed by atoms with E-state index in [4.69, 9.17) is 20.2 Å². The van der Waals surface area contributed by atoms with Crippen molar-refractivity contribution in [1.82, 2.24) is 14.5 Å². The third-order valence-electron chi connectivity index (χ3n) is 5.48. The van der Waals surface area contributed by atoms with Crippen molar-refractivity contribution in [1.29, 1.82) is 0 Å². The standard InChI is InChI=1S/C26H34N4O3/c1-7-10-17(8-2)32-14-13-30-22(9-3)29-23-24(30)19-12-11-18(15-20(19)28-25(23)27)33-16-21(31)26(4,5)6/h7-8,10-12,15H,9,13-14,16H2,1-6H3,(H2,27,28)/b10-7-,17-8+. The molecule has 0 aliphatic heterocycles. The van der Waals surface area contributed by atoms with Crippen molar-refractivity contribution in [2.24, 2.45) is 5.41 Å². The van der Waals surface area contributed by atoms with Gasteiger partial charge in [0.05, 0.1) is 17.6 Å². The van der Waals surface area contributed by atoms with Crippen LogP contribution in [0.2, 0.25) is 0 Å². The summed E-state index contributed by atoms with van der Waals surface area (Å²) in [4.78, 5) is 21.6. The van der Waals surface area contributed by atoms with Gasteiger partial charge in [-0.25, -0.2) is 9.97 Å². The van der Waals surface area contributed by atoms with E-state index in [0.717, 1.165) is 28.9 Å². The zero-order chi connectivity index (χ0) is 24.2. The van der Waals surface area contributed by atoms with Gasteiger partial charge >= 0.3 is 0 Å². The van der Waals surface area contributed by atoms with Crippen LogP contribution in [0.25, 0.3) is 21.9 Å². The van der Waals surface area contributed by atoms with E-state index in [2.05, 4.69) is 16.5 Å². The molecule has 2 aromatic heterocycles. The van der Waals surface area contributed by atoms with Gasteiger partial charge in [-0.15, -0.1) is 0 Å². The quantitative estimate of drug-likeness (QED) is 0.355. The van der Waals surface area contributed by atoms with Crippen LogP contribution in [0.1, 0.15) is 47.4 Å². The number of carbonyl (C=O) groups is 1. The smallest absolute Gasteiger partial charge is 0.175 e. The van der Waals surface area contributed by atoms with Crippen LogP contribution in [0.4, 0.5) is 5.82 Å². The Balaban J connectivity index is 1.97. The summed E-state index contributed by atoms with van der Waals surface area (Å²) in [7, 11) is 0. The molecule has 0 atom stereocenters. The molecule has 0 saturated heterocycles. The summed E-state index contributed by atoms with van der Waals surface area (Å²) in [6.07, 6.45) is 6.59. The van der Waals surface area contributed by atoms with E-state index < -0.39 is 5.41 Å². The second kappa shape index (κ2) is 10.1. The molecule has 2 heterocycles. The number of benzene rings is 1. The number of aryl methyl sites for hydroxylation is 1. The maximum atomic E-state index is 12.2. The number of nitrogen functional groups attached to an aromatic ring is 1. The number of Topliss-reactive ketones (excluding diaryl/α,β-unsaturated/α-hetero) is 1. The van der Waals surface area contributed by atoms with Crippen molar-refractivity contribution in [2.75, 3.05) is 18.9 Å². The second-order valence-electron chi connectivity index (χ2n) is 8.91. The first-order valence-corrected chi connectivity index (χ1v) is 11.4. The minimum atomic E-state index is -0.448. The number of fused-ring (bicyclic) bond motifs is 3. The van der Waals surface area contributed by atoms with E-state index >= 15 is 0 Å². The Morgan fingerprint density at radius 2 is 1.97 bits per heavy atom. The van der Waals surface area contributed by atoms with Crippen LogP contribution in [0.15, 0.2) is 42.2 Å². The average molecular weight is 451 g/mol. The average Bonchev–Trinajstić information content (AvgIpc) is 3.15. The topological polar surface area (TPSA) is 92.3 Å². The third kappa shape index (κ3) is 5.35. The predicted molar refractivity (Wildman–Crippen MR) is 133 cm³/mol. The lowest BCUT2D eigenvalue weighted by atomic mass is 9.91. The molecule has 33 heavy (non-hydrogen) atoms. The fourth-order valence-electron chi connectivity index (χ4n) is 3.55. The Hall–Kier alpha value is -3.35. The maximum Gasteiger partial charge on any atom is 0.175 e. The number of rotatable bonds is 9. The van der Waals surface area contributed by atoms with Gasteiger partial charge in [-0.3, -0.25) is 4.79 Å². The molecular weight excluding hydrogens is 416 g/mol. The summed E-state index contributed by atoms with van der Waals surface area (Å²) in [6, 6.07) is 5.64. The number of nitrogens with zero attached hydrogens (tertiary/aromatic N) is 3. The number of aromatic nitrogens is 3. The Kier molecular flexibility index (Phi) is 7.41. The van der Waals surface area contributed by atoms with Gasteiger partial charge in [0, 0.05) is 23.3 Å². The van der Waals surface area contributed by atoms with E-state index in [-0.39, 0.29) is 12.4 Å². The number of hydrogen-bond donors (Lipinski definition) is 1. The third-order valence-corrected chi connectivity index (χ3v) is 5.48. The molecule has 0 aliphatic carbocycles. The van der Waals surface area contributed by atoms with E-state index in [1.54, 1.807) is 0 Å². The number of allylic oxidation sites excluding steroid dienone is 3. The molecule has 3 aromatic rings. The summed E-state index contributed by atoms with van der Waals surface area (Å²) in [5.74, 6) is 2.75. The van der Waals surface area contributed by atoms with E-state index in [1.165, 1.54) is 0 Å². The van der Waals surface area contributed by atoms with Gasteiger partial charge < -0.3 is 19.8 Å². The van der Waals surface area contributed by atoms with Gasteiger partial charge in [0.15, 0.2) is 11.6 Å². The summed E-state index contributed by atoms with van der Waals surface area (Å²) in [5.41, 5.74) is 8.17. The normalized spacial score (nSPS) is 12.7. The van der Waals surface area contributed by atoms with E-state index in [9.17, 15) is 4.79 Å². The van der Waals surface area contributed by atoms with Gasteiger partial charge in [0.1, 0.15) is 36.1 Å². The van der Waals surface area contributed by atoms with E-state index in [0.29, 0.717) is 35.8 Å². The van der Waals surface area contributed by atoms with Crippen LogP contribution in [0.3, 0.4) is 0 Å². The van der Waals surface area contributed by atoms with Crippen LogP contribution < -0.4 is 10.5 Å². The Bertz CT molecular complexity index is 1220. The number of carbonyl (C=O) groups excluding carboxylic acids is 1. The van der Waals surface area contributed by atoms with Crippen LogP contribution in [0, 0.1) is 5.41 Å². The zero-order valence-corrected chi connectivity index (χ0v) is 20.4. The van der Waals surface area contributed by atoms with Crippen molar-refractivity contribution in [3.05, 3.63) is 48.0 Å². The summed E-state index contributed by atoms with van der Waals surface area (Å²) in [5, 5.41) is 0.931. The molecule has 0 unspecified atom stereocenters. The lowest BCUT2D eigenvalue weighted by Gasteiger charge is -2.17. The van der Waals surface area contributed by atoms with Crippen LogP contribution in [-0.4, -0.2) is 33.5 Å². The van der Waals surface area contributed by atoms with Gasteiger partial charge in [-0.05, 0) is 38.1 Å². The van der Waals surface area contributed by atoms with Crippen LogP contribution in [0.5, 0.6) is 5.75 Å². The Morgan fingerprint density at radius 1 is 1.21 bits per heavy atom. The van der Waals surface area contributed by atoms with Crippen molar-refractivity contribution >= 4 is 33.5 Å². The highest BCUT2D eigenvalue weighted by Crippen LogP contribution is 2.31. The summed E-state index contributed by atoms with van der Waals surface area (Å²) < 4.78 is 13.8. The Labute approximate surface area is 195 Å². The van der Waals surface area contributed by atoms with Crippen molar-refractivity contribution in [2.45, 2.75) is 54.5 Å². The van der Waals surface area contributed by atoms with Crippen LogP contribution in [-0.2, 0) is 22.5 Å². The molecule has 0 amide bonds. The first kappa shape index (κ1) is 24.3. The number of ether oxygens (including phenoxy) is 2. The number of hydrogen-bond acceptors (Lipinski definition) is 6. The molecule has 2 N–H and O–H groups in total. The summed E-state index contributed by atoms with van der Waals surface area (Å²) >= 11 is 0. The highest BCUT2D eigenvalue weighted by Gasteiger charge is 2.22. The van der Waals surface area contributed by atoms with Gasteiger partial charge in [-0.2, -0.15) is 0 Å². The number of anilines is 1. The second-order valence-corrected chi connectivity index (χ2v) is 8.91. The minimum Gasteiger partial charge on any atom is -0.492 e. The maximum absolute atomic E-state index is 12.2. The zero-order valence-electron chi connectivity index (χ0n) is 20.4. The molecule has 0 saturated carbocycles. The van der Waals surface area contributed by atoms with Gasteiger partial charge in [0.2, 0.25) is 0 Å². The molecule has 176 valence electrons. The Morgan fingerprint density at radius 3 is 2.61 bits per heavy atom. The van der Waals surface area contributed by atoms with Crippen molar-refractivity contribution in [3.8, 4) is 5.75 Å². The van der Waals surface area contributed by atoms with Crippen molar-refractivity contribution < 1.29 is 14.3 Å².